The van der Waals surface area contributed by atoms with E-state index in [1.807, 2.05) is 60.9 Å². The lowest BCUT2D eigenvalue weighted by atomic mass is 9.86. The van der Waals surface area contributed by atoms with Crippen LogP contribution in [-0.4, -0.2) is 20.5 Å². The fourth-order valence-corrected chi connectivity index (χ4v) is 6.31. The van der Waals surface area contributed by atoms with E-state index in [1.165, 1.54) is 12.1 Å². The third-order valence-electron chi connectivity index (χ3n) is 9.05. The van der Waals surface area contributed by atoms with E-state index in [9.17, 15) is 0 Å². The Morgan fingerprint density at radius 1 is 0.700 bits per heavy atom. The number of para-hydroxylation sites is 2. The molecule has 4 aromatic carbocycles. The minimum Gasteiger partial charge on any atom is -0.457 e. The molecule has 8 rings (SSSR count). The topological polar surface area (TPSA) is 46.0 Å². The van der Waals surface area contributed by atoms with E-state index < -0.39 is 6.85 Å². The molecule has 0 atom stereocenters. The van der Waals surface area contributed by atoms with E-state index in [0.717, 1.165) is 38.8 Å². The molecule has 4 heterocycles. The Morgan fingerprint density at radius 2 is 1.42 bits per heavy atom. The fraction of sp³-hybridized carbons (Fsp3) is 0.205. The maximum atomic E-state index is 9.02. The molecular formula is C44H41N5O+2. The molecule has 0 N–H and O–H groups in total. The van der Waals surface area contributed by atoms with Crippen molar-refractivity contribution in [2.75, 3.05) is 0 Å². The zero-order valence-electron chi connectivity index (χ0n) is 35.9. The summed E-state index contributed by atoms with van der Waals surface area (Å²) in [5, 5.41) is 2.05. The third-order valence-corrected chi connectivity index (χ3v) is 9.05. The quantitative estimate of drug-likeness (QED) is 0.172. The summed E-state index contributed by atoms with van der Waals surface area (Å²) in [6.07, 6.45) is 5.47. The molecule has 1 aliphatic rings. The van der Waals surface area contributed by atoms with Gasteiger partial charge in [0.25, 0.3) is 11.4 Å². The first-order valence-electron chi connectivity index (χ1n) is 20.1. The Labute approximate surface area is 303 Å². The van der Waals surface area contributed by atoms with Crippen LogP contribution >= 0.6 is 0 Å². The first-order chi connectivity index (χ1) is 26.8. The highest BCUT2D eigenvalue weighted by Gasteiger charge is 2.37. The molecule has 0 spiro atoms. The zero-order valence-corrected chi connectivity index (χ0v) is 28.9. The minimum atomic E-state index is -2.30. The zero-order chi connectivity index (χ0) is 40.8. The summed E-state index contributed by atoms with van der Waals surface area (Å²) >= 11 is 0. The van der Waals surface area contributed by atoms with Gasteiger partial charge in [-0.2, -0.15) is 0 Å². The van der Waals surface area contributed by atoms with Crippen LogP contribution in [0.25, 0.3) is 27.6 Å². The SMILES string of the molecule is [2H]c1c([2H])c([2H])c2c(c1[2H])[N+](c1ccc(C([2H])([2H])[2H])cc1)=C=[N+]2c1cc(Oc2ccc3c4ccncc4n(-c4cc(C(C)(C)C)ccn4)c3c2)cc(C(C)(C)C)c1. The van der Waals surface area contributed by atoms with E-state index in [-0.39, 0.29) is 51.9 Å². The number of fused-ring (bicyclic) bond motifs is 4. The van der Waals surface area contributed by atoms with E-state index in [2.05, 4.69) is 63.2 Å². The number of aryl methyl sites for hydroxylation is 1. The van der Waals surface area contributed by atoms with Crippen molar-refractivity contribution in [2.24, 2.45) is 0 Å². The smallest absolute Gasteiger partial charge is 0.457 e. The van der Waals surface area contributed by atoms with Crippen LogP contribution in [0, 0.1) is 6.85 Å². The number of nitrogens with zero attached hydrogens (tertiary/aromatic N) is 5. The monoisotopic (exact) mass is 662 g/mol. The van der Waals surface area contributed by atoms with Gasteiger partial charge < -0.3 is 4.74 Å². The van der Waals surface area contributed by atoms with Crippen molar-refractivity contribution in [1.29, 1.82) is 0 Å². The molecule has 246 valence electrons. The van der Waals surface area contributed by atoms with Crippen LogP contribution in [0.1, 0.15) is 67.8 Å². The second-order valence-corrected chi connectivity index (χ2v) is 14.6. The van der Waals surface area contributed by atoms with Crippen molar-refractivity contribution in [1.82, 2.24) is 23.7 Å². The molecule has 1 aliphatic heterocycles. The highest BCUT2D eigenvalue weighted by Crippen LogP contribution is 2.40. The summed E-state index contributed by atoms with van der Waals surface area (Å²) in [5.74, 6) is 1.86. The molecule has 0 radical (unpaired) electrons. The van der Waals surface area contributed by atoms with Crippen molar-refractivity contribution in [2.45, 2.75) is 59.2 Å². The lowest BCUT2D eigenvalue weighted by molar-refractivity contribution is 0.479. The lowest BCUT2D eigenvalue weighted by Gasteiger charge is -2.20. The summed E-state index contributed by atoms with van der Waals surface area (Å²) in [6.45, 7) is 10.5. The van der Waals surface area contributed by atoms with Crippen molar-refractivity contribution in [3.05, 3.63) is 138 Å². The number of rotatable bonds is 5. The van der Waals surface area contributed by atoms with Crippen LogP contribution in [0.4, 0.5) is 22.7 Å². The maximum absolute atomic E-state index is 9.02. The minimum absolute atomic E-state index is 0.0838. The normalized spacial score (nSPS) is 15.3. The van der Waals surface area contributed by atoms with Crippen LogP contribution in [0.2, 0.25) is 0 Å². The highest BCUT2D eigenvalue weighted by molar-refractivity contribution is 6.09. The van der Waals surface area contributed by atoms with E-state index >= 15 is 0 Å². The van der Waals surface area contributed by atoms with Crippen molar-refractivity contribution in [3.63, 3.8) is 0 Å². The third kappa shape index (κ3) is 5.58. The van der Waals surface area contributed by atoms with Crippen molar-refractivity contribution >= 4 is 50.6 Å². The number of hydrogen-bond donors (Lipinski definition) is 0. The number of benzene rings is 4. The first-order valence-corrected chi connectivity index (χ1v) is 16.6. The van der Waals surface area contributed by atoms with E-state index in [4.69, 9.17) is 19.3 Å². The summed E-state index contributed by atoms with van der Waals surface area (Å²) in [6, 6.07) is 26.1. The maximum Gasteiger partial charge on any atom is 0.503 e. The molecule has 0 unspecified atom stereocenters. The van der Waals surface area contributed by atoms with Gasteiger partial charge in [0.1, 0.15) is 17.3 Å². The number of aromatic nitrogens is 3. The van der Waals surface area contributed by atoms with Crippen molar-refractivity contribution in [3.8, 4) is 17.3 Å². The van der Waals surface area contributed by atoms with E-state index in [0.29, 0.717) is 22.9 Å². The summed E-state index contributed by atoms with van der Waals surface area (Å²) in [7, 11) is 0. The Kier molecular flexibility index (Phi) is 5.66. The Morgan fingerprint density at radius 3 is 2.14 bits per heavy atom. The predicted octanol–water partition coefficient (Wildman–Crippen LogP) is 11.1. The molecule has 50 heavy (non-hydrogen) atoms. The molecule has 6 heteroatoms. The van der Waals surface area contributed by atoms with Crippen LogP contribution in [0.3, 0.4) is 0 Å². The van der Waals surface area contributed by atoms with Crippen LogP contribution in [0.15, 0.2) is 122 Å². The number of pyridine rings is 2. The molecule has 6 nitrogen and oxygen atoms in total. The number of hydrogen-bond acceptors (Lipinski definition) is 3. The summed E-state index contributed by atoms with van der Waals surface area (Å²) in [4.78, 5) is 9.24. The first kappa shape index (κ1) is 24.3. The van der Waals surface area contributed by atoms with Gasteiger partial charge in [-0.05, 0) is 74.4 Å². The van der Waals surface area contributed by atoms with Gasteiger partial charge in [-0.3, -0.25) is 9.55 Å². The second-order valence-electron chi connectivity index (χ2n) is 14.6. The summed E-state index contributed by atoms with van der Waals surface area (Å²) in [5.41, 5.74) is 5.07. The van der Waals surface area contributed by atoms with Gasteiger partial charge in [-0.25, -0.2) is 4.98 Å². The molecule has 0 saturated carbocycles. The average molecular weight is 663 g/mol. The Hall–Kier alpha value is -5.84. The van der Waals surface area contributed by atoms with Gasteiger partial charge >= 0.3 is 6.01 Å². The van der Waals surface area contributed by atoms with Gasteiger partial charge in [-0.1, -0.05) is 71.3 Å². The van der Waals surface area contributed by atoms with Gasteiger partial charge in [-0.15, -0.1) is 0 Å². The number of ether oxygens (including phenoxy) is 1. The Bertz CT molecular complexity index is 2860. The van der Waals surface area contributed by atoms with Crippen LogP contribution < -0.4 is 13.9 Å². The molecule has 0 saturated heterocycles. The average Bonchev–Trinajstić information content (AvgIpc) is 3.72. The van der Waals surface area contributed by atoms with E-state index in [1.54, 1.807) is 27.5 Å². The fourth-order valence-electron chi connectivity index (χ4n) is 6.31. The molecule has 3 aromatic heterocycles. The standard InChI is InChI=1S/C44H41N5O/c1-29-12-14-32(15-13-29)47-28-48(39-11-9-8-10-38(39)47)33-22-31(44(5,6)7)23-35(25-33)50-34-16-17-36-37-19-20-45-27-41(37)49(40(36)26-34)42-24-30(18-21-46-42)43(2,3)4/h8-27H,1-7H3/q+2/i1D3,8D,9D,10D,11D. The largest absolute Gasteiger partial charge is 0.503 e. The molecule has 7 aromatic rings. The van der Waals surface area contributed by atoms with Gasteiger partial charge in [0.05, 0.1) is 28.8 Å². The van der Waals surface area contributed by atoms with Gasteiger partial charge in [0, 0.05) is 63.6 Å². The lowest BCUT2D eigenvalue weighted by Crippen LogP contribution is -2.12. The molecule has 0 bridgehead atoms. The second kappa shape index (κ2) is 11.6. The Balaban J connectivity index is 1.30. The molecular weight excluding hydrogens is 615 g/mol. The highest BCUT2D eigenvalue weighted by atomic mass is 16.5. The molecule has 0 aliphatic carbocycles. The molecule has 0 amide bonds. The van der Waals surface area contributed by atoms with Crippen LogP contribution in [-0.2, 0) is 10.8 Å². The van der Waals surface area contributed by atoms with Crippen molar-refractivity contribution < 1.29 is 14.3 Å². The predicted molar refractivity (Wildman–Crippen MR) is 206 cm³/mol. The van der Waals surface area contributed by atoms with Gasteiger partial charge in [0.2, 0.25) is 11.4 Å². The molecule has 0 fully saturated rings. The van der Waals surface area contributed by atoms with Crippen LogP contribution in [0.5, 0.6) is 11.5 Å². The summed E-state index contributed by atoms with van der Waals surface area (Å²) < 4.78 is 70.4. The van der Waals surface area contributed by atoms with Gasteiger partial charge in [0.15, 0.2) is 0 Å².